The highest BCUT2D eigenvalue weighted by atomic mass is 16.5. The average molecular weight is 320 g/mol. The van der Waals surface area contributed by atoms with E-state index in [-0.39, 0.29) is 12.3 Å². The molecule has 23 heavy (non-hydrogen) atoms. The molecular weight excluding hydrogens is 292 g/mol. The Morgan fingerprint density at radius 2 is 2.22 bits per heavy atom. The number of hydrogen-bond acceptors (Lipinski definition) is 4. The number of piperidine rings is 1. The van der Waals surface area contributed by atoms with Crippen molar-refractivity contribution in [1.82, 2.24) is 10.2 Å². The van der Waals surface area contributed by atoms with Crippen LogP contribution >= 0.6 is 0 Å². The summed E-state index contributed by atoms with van der Waals surface area (Å²) in [7, 11) is 1.60. The molecule has 0 spiro atoms. The third kappa shape index (κ3) is 5.22. The monoisotopic (exact) mass is 320 g/mol. The maximum atomic E-state index is 11.5. The molecule has 0 saturated carbocycles. The second kappa shape index (κ2) is 7.79. The van der Waals surface area contributed by atoms with Crippen LogP contribution in [0.3, 0.4) is 0 Å². The molecule has 0 radical (unpaired) electrons. The molecule has 1 amide bonds. The first-order chi connectivity index (χ1) is 10.9. The van der Waals surface area contributed by atoms with Crippen molar-refractivity contribution in [3.8, 4) is 5.75 Å². The molecule has 1 fully saturated rings. The standard InChI is InChI=1S/C18H28N2O3/c1-14-5-6-15(2)16(11-14)23-10-9-20-8-4-7-18(22,13-20)12-17(21)19-3/h5-6,11,22H,4,7-10,12-13H2,1-3H3,(H,19,21). The predicted molar refractivity (Wildman–Crippen MR) is 90.7 cm³/mol. The molecule has 1 aromatic carbocycles. The van der Waals surface area contributed by atoms with Gasteiger partial charge in [0.1, 0.15) is 12.4 Å². The van der Waals surface area contributed by atoms with E-state index >= 15 is 0 Å². The van der Waals surface area contributed by atoms with Gasteiger partial charge in [0.15, 0.2) is 0 Å². The van der Waals surface area contributed by atoms with Gasteiger partial charge in [0.05, 0.1) is 12.0 Å². The minimum Gasteiger partial charge on any atom is -0.492 e. The Kier molecular flexibility index (Phi) is 6.02. The summed E-state index contributed by atoms with van der Waals surface area (Å²) >= 11 is 0. The Bertz CT molecular complexity index is 547. The maximum Gasteiger partial charge on any atom is 0.222 e. The van der Waals surface area contributed by atoms with Crippen LogP contribution in [0.15, 0.2) is 18.2 Å². The highest BCUT2D eigenvalue weighted by Gasteiger charge is 2.34. The van der Waals surface area contributed by atoms with Gasteiger partial charge in [-0.3, -0.25) is 9.69 Å². The molecular formula is C18H28N2O3. The molecule has 1 saturated heterocycles. The fourth-order valence-electron chi connectivity index (χ4n) is 3.08. The van der Waals surface area contributed by atoms with Crippen LogP contribution in [0.2, 0.25) is 0 Å². The first kappa shape index (κ1) is 17.8. The van der Waals surface area contributed by atoms with Crippen molar-refractivity contribution in [2.45, 2.75) is 38.7 Å². The van der Waals surface area contributed by atoms with Crippen LogP contribution in [0.25, 0.3) is 0 Å². The van der Waals surface area contributed by atoms with E-state index in [2.05, 4.69) is 29.3 Å². The molecule has 1 aliphatic heterocycles. The predicted octanol–water partition coefficient (Wildman–Crippen LogP) is 1.65. The Hall–Kier alpha value is -1.59. The second-order valence-corrected chi connectivity index (χ2v) is 6.57. The zero-order valence-corrected chi connectivity index (χ0v) is 14.4. The molecule has 1 aliphatic rings. The Labute approximate surface area is 138 Å². The van der Waals surface area contributed by atoms with Gasteiger partial charge in [-0.25, -0.2) is 0 Å². The lowest BCUT2D eigenvalue weighted by molar-refractivity contribution is -0.128. The normalized spacial score (nSPS) is 21.9. The molecule has 5 heteroatoms. The van der Waals surface area contributed by atoms with Gasteiger partial charge < -0.3 is 15.2 Å². The first-order valence-electron chi connectivity index (χ1n) is 8.27. The third-order valence-electron chi connectivity index (χ3n) is 4.41. The Morgan fingerprint density at radius 1 is 1.43 bits per heavy atom. The molecule has 0 aromatic heterocycles. The van der Waals surface area contributed by atoms with Gasteiger partial charge in [-0.15, -0.1) is 0 Å². The molecule has 5 nitrogen and oxygen atoms in total. The van der Waals surface area contributed by atoms with Crippen molar-refractivity contribution in [1.29, 1.82) is 0 Å². The summed E-state index contributed by atoms with van der Waals surface area (Å²) in [6.45, 7) is 6.89. The van der Waals surface area contributed by atoms with Gasteiger partial charge in [-0.2, -0.15) is 0 Å². The minimum atomic E-state index is -0.919. The summed E-state index contributed by atoms with van der Waals surface area (Å²) in [6, 6.07) is 6.19. The highest BCUT2D eigenvalue weighted by Crippen LogP contribution is 2.24. The van der Waals surface area contributed by atoms with Gasteiger partial charge in [0.2, 0.25) is 5.91 Å². The zero-order chi connectivity index (χ0) is 16.9. The fourth-order valence-corrected chi connectivity index (χ4v) is 3.08. The molecule has 1 atom stereocenters. The maximum absolute atomic E-state index is 11.5. The van der Waals surface area contributed by atoms with Crippen LogP contribution in [0.1, 0.15) is 30.4 Å². The highest BCUT2D eigenvalue weighted by molar-refractivity contribution is 5.76. The number of nitrogens with one attached hydrogen (secondary N) is 1. The van der Waals surface area contributed by atoms with Crippen LogP contribution in [0, 0.1) is 13.8 Å². The number of β-amino-alcohol motifs (C(OH)–C–C–N with tert-alkyl or cyclic N) is 1. The number of likely N-dealkylation sites (tertiary alicyclic amines) is 1. The van der Waals surface area contributed by atoms with Gasteiger partial charge >= 0.3 is 0 Å². The minimum absolute atomic E-state index is 0.110. The van der Waals surface area contributed by atoms with E-state index in [0.717, 1.165) is 30.8 Å². The van der Waals surface area contributed by atoms with Crippen molar-refractivity contribution in [2.75, 3.05) is 33.3 Å². The van der Waals surface area contributed by atoms with Crippen molar-refractivity contribution in [3.63, 3.8) is 0 Å². The zero-order valence-electron chi connectivity index (χ0n) is 14.4. The Balaban J connectivity index is 1.83. The van der Waals surface area contributed by atoms with Crippen LogP contribution < -0.4 is 10.1 Å². The van der Waals surface area contributed by atoms with Gasteiger partial charge in [-0.05, 0) is 50.4 Å². The molecule has 2 rings (SSSR count). The number of ether oxygens (including phenoxy) is 1. The first-order valence-corrected chi connectivity index (χ1v) is 8.27. The van der Waals surface area contributed by atoms with E-state index in [1.165, 1.54) is 5.56 Å². The lowest BCUT2D eigenvalue weighted by Gasteiger charge is -2.38. The number of benzene rings is 1. The van der Waals surface area contributed by atoms with E-state index in [4.69, 9.17) is 4.74 Å². The van der Waals surface area contributed by atoms with Crippen LogP contribution in [-0.4, -0.2) is 54.8 Å². The van der Waals surface area contributed by atoms with Crippen LogP contribution in [-0.2, 0) is 4.79 Å². The molecule has 0 aliphatic carbocycles. The Morgan fingerprint density at radius 3 is 2.96 bits per heavy atom. The van der Waals surface area contributed by atoms with E-state index < -0.39 is 5.60 Å². The van der Waals surface area contributed by atoms with E-state index in [9.17, 15) is 9.90 Å². The fraction of sp³-hybridized carbons (Fsp3) is 0.611. The lowest BCUT2D eigenvalue weighted by atomic mass is 9.89. The number of hydrogen-bond donors (Lipinski definition) is 2. The number of carbonyl (C=O) groups is 1. The van der Waals surface area contributed by atoms with E-state index in [1.807, 2.05) is 13.0 Å². The molecule has 0 bridgehead atoms. The smallest absolute Gasteiger partial charge is 0.222 e. The summed E-state index contributed by atoms with van der Waals surface area (Å²) in [5, 5.41) is 13.2. The largest absolute Gasteiger partial charge is 0.492 e. The molecule has 1 aromatic rings. The topological polar surface area (TPSA) is 61.8 Å². The summed E-state index contributed by atoms with van der Waals surface area (Å²) in [5.41, 5.74) is 1.39. The van der Waals surface area contributed by atoms with Gasteiger partial charge in [-0.1, -0.05) is 12.1 Å². The van der Waals surface area contributed by atoms with Crippen molar-refractivity contribution in [2.24, 2.45) is 0 Å². The number of nitrogens with zero attached hydrogens (tertiary/aromatic N) is 1. The van der Waals surface area contributed by atoms with Gasteiger partial charge in [0.25, 0.3) is 0 Å². The summed E-state index contributed by atoms with van der Waals surface area (Å²) in [5.74, 6) is 0.809. The average Bonchev–Trinajstić information content (AvgIpc) is 2.50. The summed E-state index contributed by atoms with van der Waals surface area (Å²) in [6.07, 6.45) is 1.74. The number of aryl methyl sites for hydroxylation is 2. The van der Waals surface area contributed by atoms with E-state index in [1.54, 1.807) is 7.05 Å². The third-order valence-corrected chi connectivity index (χ3v) is 4.41. The second-order valence-electron chi connectivity index (χ2n) is 6.57. The number of aliphatic hydroxyl groups is 1. The van der Waals surface area contributed by atoms with E-state index in [0.29, 0.717) is 19.6 Å². The molecule has 1 unspecified atom stereocenters. The number of rotatable bonds is 6. The molecule has 128 valence electrons. The van der Waals surface area contributed by atoms with Crippen molar-refractivity contribution < 1.29 is 14.6 Å². The van der Waals surface area contributed by atoms with Crippen LogP contribution in [0.5, 0.6) is 5.75 Å². The van der Waals surface area contributed by atoms with Crippen molar-refractivity contribution >= 4 is 5.91 Å². The van der Waals surface area contributed by atoms with Gasteiger partial charge in [0, 0.05) is 20.1 Å². The molecule has 1 heterocycles. The summed E-state index contributed by atoms with van der Waals surface area (Å²) < 4.78 is 5.89. The quantitative estimate of drug-likeness (QED) is 0.836. The lowest BCUT2D eigenvalue weighted by Crippen LogP contribution is -2.51. The summed E-state index contributed by atoms with van der Waals surface area (Å²) in [4.78, 5) is 13.7. The van der Waals surface area contributed by atoms with Crippen molar-refractivity contribution in [3.05, 3.63) is 29.3 Å². The van der Waals surface area contributed by atoms with Crippen LogP contribution in [0.4, 0.5) is 0 Å². The number of amides is 1. The number of carbonyl (C=O) groups excluding carboxylic acids is 1. The molecule has 2 N–H and O–H groups in total. The SMILES string of the molecule is CNC(=O)CC1(O)CCCN(CCOc2cc(C)ccc2C)C1.